The zero-order chi connectivity index (χ0) is 36.8. The van der Waals surface area contributed by atoms with Crippen molar-refractivity contribution >= 4 is 21.8 Å². The smallest absolute Gasteiger partial charge is 0.137 e. The number of aryl methyl sites for hydroxylation is 4. The molecule has 0 amide bonds. The van der Waals surface area contributed by atoms with Gasteiger partial charge in [0.25, 0.3) is 0 Å². The van der Waals surface area contributed by atoms with E-state index in [1.165, 1.54) is 55.4 Å². The molecule has 3 aromatic heterocycles. The monoisotopic (exact) mass is 688 g/mol. The molecule has 7 aromatic rings. The van der Waals surface area contributed by atoms with Gasteiger partial charge in [-0.1, -0.05) is 77.4 Å². The van der Waals surface area contributed by atoms with E-state index >= 15 is 0 Å². The molecular weight excluding hydrogens is 637 g/mol. The summed E-state index contributed by atoms with van der Waals surface area (Å²) in [6.07, 6.45) is 3.94. The second kappa shape index (κ2) is 14.1. The third-order valence-electron chi connectivity index (χ3n) is 10.4. The van der Waals surface area contributed by atoms with Crippen LogP contribution in [0.25, 0.3) is 44.4 Å². The first-order chi connectivity index (χ1) is 24.9. The molecule has 0 N–H and O–H groups in total. The van der Waals surface area contributed by atoms with Gasteiger partial charge in [0.05, 0.1) is 28.1 Å². The standard InChI is InChI=1S/C47H52N4O/c1-28(2)15-18-43-47(46-32(8)21-31(7)22-33(46)9)34(10)49-51(43)37-23-36(30(5)6)24-39(26-37)52-38-16-17-41-40-13-11-12-14-42(40)50(44(41)27-38)45-25-35(29(3)4)19-20-48-45/h11-14,16-17,19-30H,15,18H2,1-10H3. The number of fused-ring (bicyclic) bond motifs is 3. The molecule has 0 saturated carbocycles. The molecule has 0 atom stereocenters. The van der Waals surface area contributed by atoms with Gasteiger partial charge in [-0.15, -0.1) is 0 Å². The third kappa shape index (κ3) is 6.65. The SMILES string of the molecule is Cc1cc(C)c(-c2c(C)nn(-c3cc(Oc4ccc5c6ccccc6n(-c6cc(C(C)C)ccn6)c5c4)cc(C(C)C)c3)c2CCC(C)C)c(C)c1. The molecule has 0 aliphatic carbocycles. The van der Waals surface area contributed by atoms with E-state index in [-0.39, 0.29) is 0 Å². The van der Waals surface area contributed by atoms with E-state index in [4.69, 9.17) is 14.8 Å². The summed E-state index contributed by atoms with van der Waals surface area (Å²) in [6.45, 7) is 22.3. The van der Waals surface area contributed by atoms with Crippen molar-refractivity contribution in [1.29, 1.82) is 0 Å². The summed E-state index contributed by atoms with van der Waals surface area (Å²) in [6, 6.07) is 30.5. The van der Waals surface area contributed by atoms with E-state index in [9.17, 15) is 0 Å². The second-order valence-corrected chi connectivity index (χ2v) is 15.7. The molecular formula is C47H52N4O. The van der Waals surface area contributed by atoms with E-state index < -0.39 is 0 Å². The van der Waals surface area contributed by atoms with Gasteiger partial charge in [-0.25, -0.2) is 9.67 Å². The van der Waals surface area contributed by atoms with Crippen molar-refractivity contribution < 1.29 is 4.74 Å². The highest BCUT2D eigenvalue weighted by Gasteiger charge is 2.23. The van der Waals surface area contributed by atoms with Crippen LogP contribution < -0.4 is 4.74 Å². The molecule has 5 nitrogen and oxygen atoms in total. The average Bonchev–Trinajstić information content (AvgIpc) is 3.60. The molecule has 0 aliphatic heterocycles. The topological polar surface area (TPSA) is 44.9 Å². The fourth-order valence-corrected chi connectivity index (χ4v) is 7.78. The maximum Gasteiger partial charge on any atom is 0.137 e. The van der Waals surface area contributed by atoms with E-state index in [0.29, 0.717) is 17.8 Å². The number of hydrogen-bond acceptors (Lipinski definition) is 3. The molecule has 7 rings (SSSR count). The van der Waals surface area contributed by atoms with Gasteiger partial charge in [0.1, 0.15) is 17.3 Å². The molecule has 0 unspecified atom stereocenters. The van der Waals surface area contributed by atoms with E-state index in [2.05, 4.69) is 163 Å². The van der Waals surface area contributed by atoms with Crippen molar-refractivity contribution in [3.8, 4) is 34.1 Å². The minimum Gasteiger partial charge on any atom is -0.457 e. The Labute approximate surface area is 309 Å². The second-order valence-electron chi connectivity index (χ2n) is 15.7. The molecule has 3 heterocycles. The Morgan fingerprint density at radius 1 is 0.654 bits per heavy atom. The number of para-hydroxylation sites is 1. The lowest BCUT2D eigenvalue weighted by Crippen LogP contribution is -2.06. The van der Waals surface area contributed by atoms with Gasteiger partial charge >= 0.3 is 0 Å². The molecule has 0 spiro atoms. The Hall–Kier alpha value is -5.16. The lowest BCUT2D eigenvalue weighted by molar-refractivity contribution is 0.481. The summed E-state index contributed by atoms with van der Waals surface area (Å²) in [5.74, 6) is 3.79. The Morgan fingerprint density at radius 3 is 2.08 bits per heavy atom. The predicted octanol–water partition coefficient (Wildman–Crippen LogP) is 12.9. The fourth-order valence-electron chi connectivity index (χ4n) is 7.78. The van der Waals surface area contributed by atoms with Gasteiger partial charge in [-0.2, -0.15) is 5.10 Å². The summed E-state index contributed by atoms with van der Waals surface area (Å²) in [5.41, 5.74) is 14.5. The van der Waals surface area contributed by atoms with Gasteiger partial charge < -0.3 is 4.74 Å². The average molecular weight is 689 g/mol. The Balaban J connectivity index is 1.36. The maximum absolute atomic E-state index is 6.82. The minimum atomic E-state index is 0.309. The molecule has 0 bridgehead atoms. The molecule has 0 fully saturated rings. The van der Waals surface area contributed by atoms with E-state index in [1.807, 2.05) is 6.20 Å². The third-order valence-corrected chi connectivity index (χ3v) is 10.4. The summed E-state index contributed by atoms with van der Waals surface area (Å²) >= 11 is 0. The van der Waals surface area contributed by atoms with E-state index in [1.54, 1.807) is 0 Å². The highest BCUT2D eigenvalue weighted by Crippen LogP contribution is 2.39. The summed E-state index contributed by atoms with van der Waals surface area (Å²) in [7, 11) is 0. The number of aromatic nitrogens is 4. The highest BCUT2D eigenvalue weighted by atomic mass is 16.5. The van der Waals surface area contributed by atoms with Crippen molar-refractivity contribution in [2.24, 2.45) is 5.92 Å². The highest BCUT2D eigenvalue weighted by molar-refractivity contribution is 6.09. The van der Waals surface area contributed by atoms with Crippen molar-refractivity contribution in [1.82, 2.24) is 19.3 Å². The van der Waals surface area contributed by atoms with Crippen molar-refractivity contribution in [3.63, 3.8) is 0 Å². The summed E-state index contributed by atoms with van der Waals surface area (Å²) in [4.78, 5) is 4.85. The van der Waals surface area contributed by atoms with Gasteiger partial charge in [0.2, 0.25) is 0 Å². The first kappa shape index (κ1) is 35.3. The fraction of sp³-hybridized carbons (Fsp3) is 0.319. The van der Waals surface area contributed by atoms with Crippen molar-refractivity contribution in [2.45, 2.75) is 93.9 Å². The quantitative estimate of drug-likeness (QED) is 0.144. The largest absolute Gasteiger partial charge is 0.457 e. The number of benzene rings is 4. The molecule has 266 valence electrons. The van der Waals surface area contributed by atoms with Crippen LogP contribution in [0.2, 0.25) is 0 Å². The molecule has 0 saturated heterocycles. The number of pyridine rings is 1. The van der Waals surface area contributed by atoms with E-state index in [0.717, 1.165) is 52.6 Å². The molecule has 5 heteroatoms. The van der Waals surface area contributed by atoms with Crippen LogP contribution in [0.3, 0.4) is 0 Å². The molecule has 52 heavy (non-hydrogen) atoms. The van der Waals surface area contributed by atoms with Crippen LogP contribution in [0.4, 0.5) is 0 Å². The summed E-state index contributed by atoms with van der Waals surface area (Å²) < 4.78 is 11.3. The molecule has 4 aromatic carbocycles. The predicted molar refractivity (Wildman–Crippen MR) is 218 cm³/mol. The number of ether oxygens (including phenoxy) is 1. The van der Waals surface area contributed by atoms with Crippen LogP contribution in [0.5, 0.6) is 11.5 Å². The lowest BCUT2D eigenvalue weighted by atomic mass is 9.90. The van der Waals surface area contributed by atoms with Crippen LogP contribution >= 0.6 is 0 Å². The Bertz CT molecular complexity index is 2400. The first-order valence-corrected chi connectivity index (χ1v) is 18.9. The van der Waals surface area contributed by atoms with Crippen LogP contribution in [0.1, 0.15) is 99.0 Å². The lowest BCUT2D eigenvalue weighted by Gasteiger charge is -2.17. The zero-order valence-electron chi connectivity index (χ0n) is 32.5. The zero-order valence-corrected chi connectivity index (χ0v) is 32.5. The number of hydrogen-bond donors (Lipinski definition) is 0. The van der Waals surface area contributed by atoms with Crippen LogP contribution in [-0.4, -0.2) is 19.3 Å². The first-order valence-electron chi connectivity index (χ1n) is 18.9. The maximum atomic E-state index is 6.82. The van der Waals surface area contributed by atoms with Gasteiger partial charge in [0, 0.05) is 34.7 Å². The number of nitrogens with zero attached hydrogens (tertiary/aromatic N) is 4. The molecule has 0 radical (unpaired) electrons. The van der Waals surface area contributed by atoms with Crippen molar-refractivity contribution in [2.75, 3.05) is 0 Å². The van der Waals surface area contributed by atoms with Crippen LogP contribution in [-0.2, 0) is 6.42 Å². The van der Waals surface area contributed by atoms with Crippen molar-refractivity contribution in [3.05, 3.63) is 130 Å². The van der Waals surface area contributed by atoms with Gasteiger partial charge in [0.15, 0.2) is 0 Å². The van der Waals surface area contributed by atoms with Gasteiger partial charge in [-0.05, 0) is 129 Å². The molecule has 0 aliphatic rings. The van der Waals surface area contributed by atoms with Crippen LogP contribution in [0.15, 0.2) is 91.1 Å². The normalized spacial score (nSPS) is 11.9. The van der Waals surface area contributed by atoms with Crippen LogP contribution in [0, 0.1) is 33.6 Å². The number of rotatable bonds is 10. The Kier molecular flexibility index (Phi) is 9.56. The summed E-state index contributed by atoms with van der Waals surface area (Å²) in [5, 5.41) is 7.64. The Morgan fingerprint density at radius 2 is 1.37 bits per heavy atom. The minimum absolute atomic E-state index is 0.309. The van der Waals surface area contributed by atoms with Gasteiger partial charge in [-0.3, -0.25) is 4.57 Å².